The molecule has 0 aromatic heterocycles. The Kier molecular flexibility index (Phi) is 6.18. The van der Waals surface area contributed by atoms with Gasteiger partial charge in [0, 0.05) is 32.0 Å². The summed E-state index contributed by atoms with van der Waals surface area (Å²) in [6, 6.07) is 4.94. The van der Waals surface area contributed by atoms with Crippen LogP contribution < -0.4 is 0 Å². The maximum Gasteiger partial charge on any atom is 0.407 e. The standard InChI is InChI=1S/C19H24Cl2N2O4/c1-22(19(26)27)17-10-23(18(25)11-2-5-13(24)6-3-11)9-14(17)12-4-7-15(20)16(21)8-12/h4,7-8,11,13-14,17,24H,2-3,5-6,9-10H2,1H3,(H,26,27)/t11?,13?,14-,17+/m0/s1. The molecule has 8 heteroatoms. The number of likely N-dealkylation sites (N-methyl/N-ethyl adjacent to an activating group) is 1. The van der Waals surface area contributed by atoms with Crippen LogP contribution in [0, 0.1) is 5.92 Å². The Bertz CT molecular complexity index is 722. The van der Waals surface area contributed by atoms with E-state index in [-0.39, 0.29) is 29.9 Å². The average Bonchev–Trinajstić information content (AvgIpc) is 3.08. The fourth-order valence-electron chi connectivity index (χ4n) is 4.15. The van der Waals surface area contributed by atoms with Gasteiger partial charge in [-0.15, -0.1) is 0 Å². The molecule has 3 rings (SSSR count). The fraction of sp³-hybridized carbons (Fsp3) is 0.579. The van der Waals surface area contributed by atoms with Gasteiger partial charge in [-0.25, -0.2) is 4.79 Å². The number of hydrogen-bond acceptors (Lipinski definition) is 3. The number of halogens is 2. The van der Waals surface area contributed by atoms with Gasteiger partial charge in [-0.2, -0.15) is 0 Å². The van der Waals surface area contributed by atoms with Crippen LogP contribution in [0.5, 0.6) is 0 Å². The minimum absolute atomic E-state index is 0.0493. The van der Waals surface area contributed by atoms with Gasteiger partial charge in [0.25, 0.3) is 0 Å². The van der Waals surface area contributed by atoms with E-state index in [2.05, 4.69) is 0 Å². The largest absolute Gasteiger partial charge is 0.465 e. The van der Waals surface area contributed by atoms with Crippen LogP contribution >= 0.6 is 23.2 Å². The highest BCUT2D eigenvalue weighted by Gasteiger charge is 2.42. The summed E-state index contributed by atoms with van der Waals surface area (Å²) in [4.78, 5) is 27.6. The number of nitrogens with zero attached hydrogens (tertiary/aromatic N) is 2. The number of carboxylic acid groups (broad SMARTS) is 1. The lowest BCUT2D eigenvalue weighted by Gasteiger charge is -2.29. The number of hydrogen-bond donors (Lipinski definition) is 2. The lowest BCUT2D eigenvalue weighted by Crippen LogP contribution is -2.42. The maximum atomic E-state index is 13.0. The van der Waals surface area contributed by atoms with Gasteiger partial charge in [-0.1, -0.05) is 29.3 Å². The van der Waals surface area contributed by atoms with Crippen molar-refractivity contribution in [1.82, 2.24) is 9.80 Å². The predicted octanol–water partition coefficient (Wildman–Crippen LogP) is 3.45. The van der Waals surface area contributed by atoms with Gasteiger partial charge < -0.3 is 20.0 Å². The van der Waals surface area contributed by atoms with Crippen molar-refractivity contribution >= 4 is 35.2 Å². The highest BCUT2D eigenvalue weighted by atomic mass is 35.5. The molecule has 0 radical (unpaired) electrons. The first kappa shape index (κ1) is 20.2. The van der Waals surface area contributed by atoms with Crippen LogP contribution in [0.4, 0.5) is 4.79 Å². The fourth-order valence-corrected chi connectivity index (χ4v) is 4.46. The summed E-state index contributed by atoms with van der Waals surface area (Å²) in [5, 5.41) is 20.0. The molecule has 2 amide bonds. The van der Waals surface area contributed by atoms with Crippen LogP contribution in [0.2, 0.25) is 10.0 Å². The van der Waals surface area contributed by atoms with Gasteiger partial charge in [0.2, 0.25) is 5.91 Å². The molecule has 148 valence electrons. The van der Waals surface area contributed by atoms with E-state index in [0.29, 0.717) is 48.8 Å². The van der Waals surface area contributed by atoms with Crippen molar-refractivity contribution in [3.63, 3.8) is 0 Å². The number of carbonyl (C=O) groups is 2. The van der Waals surface area contributed by atoms with Crippen molar-refractivity contribution in [3.8, 4) is 0 Å². The molecule has 0 unspecified atom stereocenters. The first-order valence-electron chi connectivity index (χ1n) is 9.15. The molecule has 1 saturated carbocycles. The second-order valence-electron chi connectivity index (χ2n) is 7.49. The number of carbonyl (C=O) groups excluding carboxylic acids is 1. The quantitative estimate of drug-likeness (QED) is 0.793. The summed E-state index contributed by atoms with van der Waals surface area (Å²) >= 11 is 12.2. The average molecular weight is 415 g/mol. The Morgan fingerprint density at radius 3 is 2.37 bits per heavy atom. The van der Waals surface area contributed by atoms with Crippen molar-refractivity contribution in [3.05, 3.63) is 33.8 Å². The summed E-state index contributed by atoms with van der Waals surface area (Å²) < 4.78 is 0. The molecule has 0 spiro atoms. The van der Waals surface area contributed by atoms with Crippen molar-refractivity contribution in [2.75, 3.05) is 20.1 Å². The monoisotopic (exact) mass is 414 g/mol. The van der Waals surface area contributed by atoms with Gasteiger partial charge in [0.15, 0.2) is 0 Å². The van der Waals surface area contributed by atoms with Crippen LogP contribution in [-0.4, -0.2) is 64.3 Å². The molecular weight excluding hydrogens is 391 g/mol. The Balaban J connectivity index is 1.81. The Labute approximate surface area is 168 Å². The van der Waals surface area contributed by atoms with Gasteiger partial charge in [0.05, 0.1) is 22.2 Å². The molecule has 2 atom stereocenters. The van der Waals surface area contributed by atoms with E-state index < -0.39 is 6.09 Å². The lowest BCUT2D eigenvalue weighted by molar-refractivity contribution is -0.136. The molecule has 2 fully saturated rings. The number of amides is 2. The zero-order valence-corrected chi connectivity index (χ0v) is 16.7. The highest BCUT2D eigenvalue weighted by molar-refractivity contribution is 6.42. The molecule has 1 aromatic carbocycles. The smallest absolute Gasteiger partial charge is 0.407 e. The molecule has 6 nitrogen and oxygen atoms in total. The molecule has 27 heavy (non-hydrogen) atoms. The minimum Gasteiger partial charge on any atom is -0.465 e. The van der Waals surface area contributed by atoms with Crippen molar-refractivity contribution < 1.29 is 19.8 Å². The number of aliphatic hydroxyl groups excluding tert-OH is 1. The van der Waals surface area contributed by atoms with E-state index in [1.807, 2.05) is 6.07 Å². The summed E-state index contributed by atoms with van der Waals surface area (Å²) in [5.74, 6) is -0.219. The maximum absolute atomic E-state index is 13.0. The van der Waals surface area contributed by atoms with E-state index >= 15 is 0 Å². The summed E-state index contributed by atoms with van der Waals surface area (Å²) in [6.07, 6.45) is 1.28. The van der Waals surface area contributed by atoms with Gasteiger partial charge in [-0.3, -0.25) is 4.79 Å². The van der Waals surface area contributed by atoms with Crippen LogP contribution in [0.25, 0.3) is 0 Å². The van der Waals surface area contributed by atoms with Gasteiger partial charge in [-0.05, 0) is 43.4 Å². The van der Waals surface area contributed by atoms with Crippen molar-refractivity contribution in [2.45, 2.75) is 43.7 Å². The van der Waals surface area contributed by atoms with Crippen LogP contribution in [0.3, 0.4) is 0 Å². The molecule has 1 aliphatic carbocycles. The molecule has 2 aliphatic rings. The third-order valence-electron chi connectivity index (χ3n) is 5.82. The highest BCUT2D eigenvalue weighted by Crippen LogP contribution is 2.36. The lowest BCUT2D eigenvalue weighted by atomic mass is 9.86. The topological polar surface area (TPSA) is 81.1 Å². The molecule has 1 aromatic rings. The second kappa shape index (κ2) is 8.25. The Morgan fingerprint density at radius 1 is 1.11 bits per heavy atom. The number of benzene rings is 1. The summed E-state index contributed by atoms with van der Waals surface area (Å²) in [5.41, 5.74) is 0.872. The van der Waals surface area contributed by atoms with Gasteiger partial charge in [0.1, 0.15) is 0 Å². The Hall–Kier alpha value is -1.50. The zero-order valence-electron chi connectivity index (χ0n) is 15.1. The van der Waals surface area contributed by atoms with E-state index in [1.54, 1.807) is 17.0 Å². The number of rotatable bonds is 3. The molecule has 1 heterocycles. The third kappa shape index (κ3) is 4.33. The molecule has 2 N–H and O–H groups in total. The van der Waals surface area contributed by atoms with Crippen molar-refractivity contribution in [1.29, 1.82) is 0 Å². The number of aliphatic hydroxyl groups is 1. The van der Waals surface area contributed by atoms with E-state index in [4.69, 9.17) is 23.2 Å². The second-order valence-corrected chi connectivity index (χ2v) is 8.30. The third-order valence-corrected chi connectivity index (χ3v) is 6.56. The van der Waals surface area contributed by atoms with E-state index in [9.17, 15) is 19.8 Å². The molecule has 1 aliphatic heterocycles. The molecule has 0 bridgehead atoms. The van der Waals surface area contributed by atoms with Crippen LogP contribution in [0.1, 0.15) is 37.2 Å². The predicted molar refractivity (Wildman–Crippen MR) is 103 cm³/mol. The number of likely N-dealkylation sites (tertiary alicyclic amines) is 1. The summed E-state index contributed by atoms with van der Waals surface area (Å²) in [7, 11) is 1.53. The minimum atomic E-state index is -1.03. The van der Waals surface area contributed by atoms with Crippen molar-refractivity contribution in [2.24, 2.45) is 5.92 Å². The molecule has 1 saturated heterocycles. The van der Waals surface area contributed by atoms with Crippen LogP contribution in [0.15, 0.2) is 18.2 Å². The Morgan fingerprint density at radius 2 is 1.78 bits per heavy atom. The van der Waals surface area contributed by atoms with Gasteiger partial charge >= 0.3 is 6.09 Å². The zero-order chi connectivity index (χ0) is 19.7. The summed E-state index contributed by atoms with van der Waals surface area (Å²) in [6.45, 7) is 0.795. The molecular formula is C19H24Cl2N2O4. The normalized spacial score (nSPS) is 28.2. The first-order chi connectivity index (χ1) is 12.8. The van der Waals surface area contributed by atoms with E-state index in [0.717, 1.165) is 5.56 Å². The van der Waals surface area contributed by atoms with Crippen LogP contribution in [-0.2, 0) is 4.79 Å². The van der Waals surface area contributed by atoms with E-state index in [1.165, 1.54) is 11.9 Å². The first-order valence-corrected chi connectivity index (χ1v) is 9.91. The SMILES string of the molecule is CN(C(=O)O)[C@@H]1CN(C(=O)C2CCC(O)CC2)C[C@H]1c1ccc(Cl)c(Cl)c1.